The lowest BCUT2D eigenvalue weighted by Crippen LogP contribution is -2.55. The number of piperidine rings is 1. The lowest BCUT2D eigenvalue weighted by atomic mass is 10.1. The summed E-state index contributed by atoms with van der Waals surface area (Å²) in [6.45, 7) is -0.100. The van der Waals surface area contributed by atoms with E-state index in [2.05, 4.69) is 28.2 Å². The molecular formula is C9H12N4O4S. The molecule has 1 heterocycles. The van der Waals surface area contributed by atoms with Crippen molar-refractivity contribution < 1.29 is 19.2 Å². The van der Waals surface area contributed by atoms with E-state index in [1.807, 2.05) is 0 Å². The number of carbonyl (C=O) groups is 4. The fourth-order valence-corrected chi connectivity index (χ4v) is 1.37. The maximum Gasteiger partial charge on any atom is 0.309 e. The van der Waals surface area contributed by atoms with Crippen LogP contribution in [0.3, 0.4) is 0 Å². The number of thiocarbonyl (C=S) groups is 1. The van der Waals surface area contributed by atoms with Crippen LogP contribution in [0.1, 0.15) is 12.8 Å². The van der Waals surface area contributed by atoms with Crippen LogP contribution in [-0.2, 0) is 19.2 Å². The number of nitrogens with one attached hydrogen (secondary N) is 3. The Labute approximate surface area is 108 Å². The Kier molecular flexibility index (Phi) is 4.72. The highest BCUT2D eigenvalue weighted by molar-refractivity contribution is 7.80. The van der Waals surface area contributed by atoms with Crippen molar-refractivity contribution in [3.63, 3.8) is 0 Å². The van der Waals surface area contributed by atoms with Gasteiger partial charge in [0.2, 0.25) is 11.8 Å². The van der Waals surface area contributed by atoms with Crippen molar-refractivity contribution in [1.82, 2.24) is 16.0 Å². The summed E-state index contributed by atoms with van der Waals surface area (Å²) in [6.07, 6.45) is 0.282. The molecular weight excluding hydrogens is 260 g/mol. The van der Waals surface area contributed by atoms with Crippen molar-refractivity contribution in [2.24, 2.45) is 5.73 Å². The van der Waals surface area contributed by atoms with Gasteiger partial charge in [-0.25, -0.2) is 0 Å². The van der Waals surface area contributed by atoms with Crippen molar-refractivity contribution in [2.45, 2.75) is 18.9 Å². The van der Waals surface area contributed by atoms with E-state index in [1.54, 1.807) is 0 Å². The molecule has 1 aliphatic rings. The summed E-state index contributed by atoms with van der Waals surface area (Å²) in [5, 5.41) is 6.45. The van der Waals surface area contributed by atoms with Gasteiger partial charge in [0, 0.05) is 6.42 Å². The monoisotopic (exact) mass is 272 g/mol. The van der Waals surface area contributed by atoms with Gasteiger partial charge in [0.1, 0.15) is 6.04 Å². The summed E-state index contributed by atoms with van der Waals surface area (Å²) in [5.74, 6) is -2.93. The van der Waals surface area contributed by atoms with E-state index in [4.69, 9.17) is 5.73 Å². The number of nitrogens with two attached hydrogens (primary N) is 1. The molecule has 0 aromatic rings. The Morgan fingerprint density at radius 2 is 2.06 bits per heavy atom. The van der Waals surface area contributed by atoms with Gasteiger partial charge in [-0.05, 0) is 6.42 Å². The molecule has 0 bridgehead atoms. The maximum absolute atomic E-state index is 11.4. The van der Waals surface area contributed by atoms with E-state index in [9.17, 15) is 19.2 Å². The zero-order valence-electron chi connectivity index (χ0n) is 9.32. The standard InChI is InChI=1S/C9H12N4O4S/c10-5(18)3-11-8(16)9(17)12-4-1-2-6(14)13-7(4)15/h4H,1-3H2,(H2,10,18)(H,11,16)(H,12,17)(H,13,14,15). The fraction of sp³-hybridized carbons (Fsp3) is 0.444. The number of carbonyl (C=O) groups excluding carboxylic acids is 4. The predicted molar refractivity (Wildman–Crippen MR) is 64.1 cm³/mol. The van der Waals surface area contributed by atoms with Gasteiger partial charge in [-0.2, -0.15) is 0 Å². The van der Waals surface area contributed by atoms with Gasteiger partial charge in [-0.3, -0.25) is 24.5 Å². The van der Waals surface area contributed by atoms with Gasteiger partial charge in [0.05, 0.1) is 11.5 Å². The van der Waals surface area contributed by atoms with Crippen LogP contribution >= 0.6 is 12.2 Å². The summed E-state index contributed by atoms with van der Waals surface area (Å²) in [5.41, 5.74) is 5.15. The van der Waals surface area contributed by atoms with Crippen LogP contribution in [0.2, 0.25) is 0 Å². The van der Waals surface area contributed by atoms with Gasteiger partial charge in [0.15, 0.2) is 0 Å². The zero-order valence-corrected chi connectivity index (χ0v) is 10.1. The largest absolute Gasteiger partial charge is 0.392 e. The molecule has 18 heavy (non-hydrogen) atoms. The molecule has 5 N–H and O–H groups in total. The van der Waals surface area contributed by atoms with E-state index < -0.39 is 29.7 Å². The molecule has 1 fully saturated rings. The number of imide groups is 1. The first-order chi connectivity index (χ1) is 8.40. The highest BCUT2D eigenvalue weighted by Crippen LogP contribution is 2.03. The second-order valence-electron chi connectivity index (χ2n) is 3.63. The first-order valence-corrected chi connectivity index (χ1v) is 5.51. The minimum Gasteiger partial charge on any atom is -0.392 e. The average Bonchev–Trinajstić information content (AvgIpc) is 2.29. The minimum atomic E-state index is -0.972. The van der Waals surface area contributed by atoms with Crippen LogP contribution in [0.5, 0.6) is 0 Å². The highest BCUT2D eigenvalue weighted by atomic mass is 32.1. The molecule has 1 unspecified atom stereocenters. The topological polar surface area (TPSA) is 130 Å². The third kappa shape index (κ3) is 4.09. The summed E-state index contributed by atoms with van der Waals surface area (Å²) < 4.78 is 0. The average molecular weight is 272 g/mol. The normalized spacial score (nSPS) is 18.8. The molecule has 0 aliphatic carbocycles. The molecule has 8 nitrogen and oxygen atoms in total. The van der Waals surface area contributed by atoms with Gasteiger partial charge >= 0.3 is 11.8 Å². The lowest BCUT2D eigenvalue weighted by molar-refractivity contribution is -0.142. The molecule has 0 radical (unpaired) electrons. The quantitative estimate of drug-likeness (QED) is 0.251. The van der Waals surface area contributed by atoms with Gasteiger partial charge in [-0.15, -0.1) is 0 Å². The minimum absolute atomic E-state index is 0.0390. The molecule has 0 spiro atoms. The number of hydrogen-bond donors (Lipinski definition) is 4. The van der Waals surface area contributed by atoms with E-state index in [-0.39, 0.29) is 24.4 Å². The summed E-state index contributed by atoms with van der Waals surface area (Å²) in [4.78, 5) is 44.8. The van der Waals surface area contributed by atoms with Crippen LogP contribution in [0.25, 0.3) is 0 Å². The Morgan fingerprint density at radius 1 is 1.39 bits per heavy atom. The first-order valence-electron chi connectivity index (χ1n) is 5.11. The van der Waals surface area contributed by atoms with Crippen molar-refractivity contribution >= 4 is 40.8 Å². The summed E-state index contributed by atoms with van der Waals surface area (Å²) >= 11 is 4.52. The van der Waals surface area contributed by atoms with E-state index in [1.165, 1.54) is 0 Å². The van der Waals surface area contributed by atoms with E-state index in [0.717, 1.165) is 0 Å². The molecule has 4 amide bonds. The van der Waals surface area contributed by atoms with Gasteiger partial charge < -0.3 is 16.4 Å². The third-order valence-corrected chi connectivity index (χ3v) is 2.32. The SMILES string of the molecule is NC(=S)CNC(=O)C(=O)NC1CCC(=O)NC1=O. The smallest absolute Gasteiger partial charge is 0.309 e. The van der Waals surface area contributed by atoms with Gasteiger partial charge in [-0.1, -0.05) is 12.2 Å². The highest BCUT2D eigenvalue weighted by Gasteiger charge is 2.29. The Balaban J connectivity index is 2.44. The lowest BCUT2D eigenvalue weighted by Gasteiger charge is -2.21. The van der Waals surface area contributed by atoms with E-state index in [0.29, 0.717) is 0 Å². The van der Waals surface area contributed by atoms with Crippen LogP contribution in [0, 0.1) is 0 Å². The Bertz CT molecular complexity index is 423. The molecule has 0 saturated carbocycles. The molecule has 0 aromatic carbocycles. The van der Waals surface area contributed by atoms with Crippen molar-refractivity contribution in [1.29, 1.82) is 0 Å². The fourth-order valence-electron chi connectivity index (χ4n) is 1.30. The van der Waals surface area contributed by atoms with E-state index >= 15 is 0 Å². The number of rotatable bonds is 3. The summed E-state index contributed by atoms with van der Waals surface area (Å²) in [6, 6.07) is -0.884. The predicted octanol–water partition coefficient (Wildman–Crippen LogP) is -2.69. The molecule has 1 rings (SSSR count). The van der Waals surface area contributed by atoms with Crippen molar-refractivity contribution in [3.8, 4) is 0 Å². The van der Waals surface area contributed by atoms with Crippen LogP contribution in [0.4, 0.5) is 0 Å². The van der Waals surface area contributed by atoms with Crippen molar-refractivity contribution in [2.75, 3.05) is 6.54 Å². The van der Waals surface area contributed by atoms with Crippen LogP contribution < -0.4 is 21.7 Å². The molecule has 1 atom stereocenters. The molecule has 0 aromatic heterocycles. The molecule has 1 aliphatic heterocycles. The number of hydrogen-bond acceptors (Lipinski definition) is 5. The van der Waals surface area contributed by atoms with Crippen LogP contribution in [0.15, 0.2) is 0 Å². The second-order valence-corrected chi connectivity index (χ2v) is 4.15. The second kappa shape index (κ2) is 6.05. The summed E-state index contributed by atoms with van der Waals surface area (Å²) in [7, 11) is 0. The third-order valence-electron chi connectivity index (χ3n) is 2.17. The Hall–Kier alpha value is -2.03. The molecule has 9 heteroatoms. The van der Waals surface area contributed by atoms with Crippen molar-refractivity contribution in [3.05, 3.63) is 0 Å². The zero-order chi connectivity index (χ0) is 13.7. The molecule has 98 valence electrons. The van der Waals surface area contributed by atoms with Gasteiger partial charge in [0.25, 0.3) is 0 Å². The Morgan fingerprint density at radius 3 is 2.61 bits per heavy atom. The number of amides is 4. The molecule has 1 saturated heterocycles. The first kappa shape index (κ1) is 14.0. The maximum atomic E-state index is 11.4. The van der Waals surface area contributed by atoms with Crippen LogP contribution in [-0.4, -0.2) is 41.2 Å².